The molecule has 2 aliphatic heterocycles. The number of ether oxygens (including phenoxy) is 1. The van der Waals surface area contributed by atoms with Gasteiger partial charge in [-0.25, -0.2) is 0 Å². The molecule has 5 nitrogen and oxygen atoms in total. The summed E-state index contributed by atoms with van der Waals surface area (Å²) in [4.78, 5) is 20.5. The quantitative estimate of drug-likeness (QED) is 0.408. The van der Waals surface area contributed by atoms with Crippen molar-refractivity contribution in [3.63, 3.8) is 0 Å². The second-order valence-electron chi connectivity index (χ2n) is 11.9. The predicted molar refractivity (Wildman–Crippen MR) is 137 cm³/mol. The number of rotatable bonds is 11. The first kappa shape index (κ1) is 26.9. The maximum atomic E-state index is 13.1. The molecule has 192 valence electrons. The summed E-state index contributed by atoms with van der Waals surface area (Å²) < 4.78 is 5.85. The minimum absolute atomic E-state index is 0.277. The zero-order chi connectivity index (χ0) is 23.6. The Morgan fingerprint density at radius 1 is 0.818 bits per heavy atom. The fraction of sp³-hybridized carbons (Fsp3) is 0.964. The van der Waals surface area contributed by atoms with E-state index >= 15 is 0 Å². The fourth-order valence-corrected chi connectivity index (χ4v) is 6.02. The zero-order valence-corrected chi connectivity index (χ0v) is 22.3. The molecule has 1 amide bonds. The van der Waals surface area contributed by atoms with Crippen molar-refractivity contribution in [1.82, 2.24) is 14.7 Å². The predicted octanol–water partition coefficient (Wildman–Crippen LogP) is 4.90. The molecule has 2 heterocycles. The molecule has 0 unspecified atom stereocenters. The van der Waals surface area contributed by atoms with Crippen molar-refractivity contribution in [1.29, 1.82) is 0 Å². The molecule has 0 spiro atoms. The van der Waals surface area contributed by atoms with Gasteiger partial charge in [0.1, 0.15) is 0 Å². The molecule has 3 aliphatic rings. The lowest BCUT2D eigenvalue weighted by atomic mass is 9.81. The first-order valence-electron chi connectivity index (χ1n) is 14.2. The first-order valence-corrected chi connectivity index (χ1v) is 14.2. The minimum atomic E-state index is 0.277. The van der Waals surface area contributed by atoms with Gasteiger partial charge in [-0.3, -0.25) is 9.69 Å². The SMILES string of the molecule is CC(C)COCC1CCC(C(=O)N2CCC(CCCCN3CCN(C(C)C)CC3)CC2)CC1. The molecule has 0 N–H and O–H groups in total. The molecule has 33 heavy (non-hydrogen) atoms. The van der Waals surface area contributed by atoms with Gasteiger partial charge >= 0.3 is 0 Å². The second kappa shape index (κ2) is 14.0. The van der Waals surface area contributed by atoms with Crippen molar-refractivity contribution >= 4 is 5.91 Å². The van der Waals surface area contributed by atoms with E-state index in [0.29, 0.717) is 23.8 Å². The van der Waals surface area contributed by atoms with Crippen LogP contribution in [0, 0.1) is 23.7 Å². The number of nitrogens with zero attached hydrogens (tertiary/aromatic N) is 3. The number of unbranched alkanes of at least 4 members (excludes halogenated alkanes) is 1. The van der Waals surface area contributed by atoms with E-state index in [-0.39, 0.29) is 5.92 Å². The molecule has 0 aromatic carbocycles. The van der Waals surface area contributed by atoms with E-state index in [0.717, 1.165) is 57.9 Å². The average Bonchev–Trinajstić information content (AvgIpc) is 2.82. The third-order valence-electron chi connectivity index (χ3n) is 8.40. The van der Waals surface area contributed by atoms with Crippen LogP contribution in [0.5, 0.6) is 0 Å². The Kier molecular flexibility index (Phi) is 11.5. The highest BCUT2D eigenvalue weighted by Crippen LogP contribution is 2.32. The van der Waals surface area contributed by atoms with Crippen molar-refractivity contribution < 1.29 is 9.53 Å². The number of piperidine rings is 1. The third-order valence-corrected chi connectivity index (χ3v) is 8.40. The van der Waals surface area contributed by atoms with Crippen molar-refractivity contribution in [2.45, 2.75) is 91.5 Å². The molecule has 3 fully saturated rings. The van der Waals surface area contributed by atoms with Crippen LogP contribution >= 0.6 is 0 Å². The second-order valence-corrected chi connectivity index (χ2v) is 11.9. The van der Waals surface area contributed by atoms with Gasteiger partial charge in [0.05, 0.1) is 0 Å². The number of carbonyl (C=O) groups is 1. The van der Waals surface area contributed by atoms with Crippen molar-refractivity contribution in [3.8, 4) is 0 Å². The van der Waals surface area contributed by atoms with E-state index in [1.54, 1.807) is 0 Å². The number of piperazine rings is 1. The Morgan fingerprint density at radius 3 is 2.09 bits per heavy atom. The summed E-state index contributed by atoms with van der Waals surface area (Å²) in [5.74, 6) is 2.84. The number of hydrogen-bond donors (Lipinski definition) is 0. The highest BCUT2D eigenvalue weighted by Gasteiger charge is 2.31. The summed E-state index contributed by atoms with van der Waals surface area (Å²) in [6, 6.07) is 0.689. The molecule has 0 bridgehead atoms. The van der Waals surface area contributed by atoms with Gasteiger partial charge in [0.15, 0.2) is 0 Å². The monoisotopic (exact) mass is 463 g/mol. The molecule has 1 saturated carbocycles. The van der Waals surface area contributed by atoms with Crippen LogP contribution in [-0.2, 0) is 9.53 Å². The largest absolute Gasteiger partial charge is 0.381 e. The van der Waals surface area contributed by atoms with Crippen molar-refractivity contribution in [3.05, 3.63) is 0 Å². The topological polar surface area (TPSA) is 36.0 Å². The summed E-state index contributed by atoms with van der Waals surface area (Å²) in [6.07, 6.45) is 11.0. The van der Waals surface area contributed by atoms with Crippen molar-refractivity contribution in [2.75, 3.05) is 59.0 Å². The molecule has 1 aliphatic carbocycles. The van der Waals surface area contributed by atoms with Gasteiger partial charge in [-0.1, -0.05) is 26.7 Å². The lowest BCUT2D eigenvalue weighted by molar-refractivity contribution is -0.138. The Bertz CT molecular complexity index is 543. The van der Waals surface area contributed by atoms with Crippen LogP contribution < -0.4 is 0 Å². The molecule has 0 atom stereocenters. The smallest absolute Gasteiger partial charge is 0.225 e. The summed E-state index contributed by atoms with van der Waals surface area (Å²) >= 11 is 0. The van der Waals surface area contributed by atoms with Gasteiger partial charge in [0, 0.05) is 64.4 Å². The maximum absolute atomic E-state index is 13.1. The van der Waals surface area contributed by atoms with Gasteiger partial charge in [-0.2, -0.15) is 0 Å². The molecular weight excluding hydrogens is 410 g/mol. The van der Waals surface area contributed by atoms with Crippen LogP contribution in [0.3, 0.4) is 0 Å². The molecular formula is C28H53N3O2. The third kappa shape index (κ3) is 9.14. The van der Waals surface area contributed by atoms with E-state index in [1.807, 2.05) is 0 Å². The van der Waals surface area contributed by atoms with Gasteiger partial charge in [-0.05, 0) is 83.1 Å². The fourth-order valence-electron chi connectivity index (χ4n) is 6.02. The Balaban J connectivity index is 1.23. The first-order chi connectivity index (χ1) is 15.9. The standard InChI is InChI=1S/C28H53N3O2/c1-23(2)21-33-22-26-8-10-27(11-9-26)28(32)31-15-12-25(13-16-31)7-5-6-14-29-17-19-30(20-18-29)24(3)4/h23-27H,5-22H2,1-4H3. The maximum Gasteiger partial charge on any atom is 0.225 e. The molecule has 0 aromatic heterocycles. The molecule has 2 saturated heterocycles. The average molecular weight is 464 g/mol. The van der Waals surface area contributed by atoms with Crippen LogP contribution in [0.25, 0.3) is 0 Å². The van der Waals surface area contributed by atoms with E-state index in [1.165, 1.54) is 64.8 Å². The molecule has 0 radical (unpaired) electrons. The summed E-state index contributed by atoms with van der Waals surface area (Å²) in [6.45, 7) is 19.0. The Hall–Kier alpha value is -0.650. The molecule has 3 rings (SSSR count). The Morgan fingerprint density at radius 2 is 1.48 bits per heavy atom. The normalized spacial score (nSPS) is 26.4. The van der Waals surface area contributed by atoms with E-state index < -0.39 is 0 Å². The van der Waals surface area contributed by atoms with Crippen LogP contribution in [0.2, 0.25) is 0 Å². The van der Waals surface area contributed by atoms with Gasteiger partial charge in [0.2, 0.25) is 5.91 Å². The summed E-state index contributed by atoms with van der Waals surface area (Å²) in [7, 11) is 0. The molecule has 0 aromatic rings. The number of carbonyl (C=O) groups excluding carboxylic acids is 1. The number of amides is 1. The van der Waals surface area contributed by atoms with E-state index in [2.05, 4.69) is 42.4 Å². The van der Waals surface area contributed by atoms with E-state index in [4.69, 9.17) is 4.74 Å². The number of likely N-dealkylation sites (tertiary alicyclic amines) is 1. The summed E-state index contributed by atoms with van der Waals surface area (Å²) in [5.41, 5.74) is 0. The van der Waals surface area contributed by atoms with Crippen molar-refractivity contribution in [2.24, 2.45) is 23.7 Å². The van der Waals surface area contributed by atoms with Crippen LogP contribution in [0.1, 0.15) is 85.5 Å². The van der Waals surface area contributed by atoms with Crippen LogP contribution in [0.4, 0.5) is 0 Å². The summed E-state index contributed by atoms with van der Waals surface area (Å²) in [5, 5.41) is 0. The minimum Gasteiger partial charge on any atom is -0.381 e. The zero-order valence-electron chi connectivity index (χ0n) is 22.3. The van der Waals surface area contributed by atoms with Gasteiger partial charge in [-0.15, -0.1) is 0 Å². The van der Waals surface area contributed by atoms with Gasteiger partial charge < -0.3 is 14.5 Å². The lowest BCUT2D eigenvalue weighted by Crippen LogP contribution is -2.48. The van der Waals surface area contributed by atoms with Crippen LogP contribution in [-0.4, -0.2) is 85.7 Å². The number of hydrogen-bond acceptors (Lipinski definition) is 4. The lowest BCUT2D eigenvalue weighted by Gasteiger charge is -2.37. The highest BCUT2D eigenvalue weighted by atomic mass is 16.5. The van der Waals surface area contributed by atoms with Crippen LogP contribution in [0.15, 0.2) is 0 Å². The molecule has 5 heteroatoms. The van der Waals surface area contributed by atoms with Gasteiger partial charge in [0.25, 0.3) is 0 Å². The highest BCUT2D eigenvalue weighted by molar-refractivity contribution is 5.79. The Labute approximate surface area is 204 Å². The van der Waals surface area contributed by atoms with E-state index in [9.17, 15) is 4.79 Å².